The van der Waals surface area contributed by atoms with Gasteiger partial charge in [-0.1, -0.05) is 39.4 Å². The Kier molecular flexibility index (Phi) is 4.67. The first kappa shape index (κ1) is 17.7. The SMILES string of the molecule is COc1ccc(Br)cc1C=c1sc2nc(-c3ccccc3OC)nn2c1=O. The number of nitrogens with zero attached hydrogens (tertiary/aromatic N) is 3. The Morgan fingerprint density at radius 3 is 2.63 bits per heavy atom. The van der Waals surface area contributed by atoms with Gasteiger partial charge in [-0.2, -0.15) is 9.50 Å². The molecule has 4 rings (SSSR count). The van der Waals surface area contributed by atoms with E-state index in [1.54, 1.807) is 20.3 Å². The maximum absolute atomic E-state index is 12.8. The molecule has 8 heteroatoms. The van der Waals surface area contributed by atoms with Gasteiger partial charge in [0, 0.05) is 10.0 Å². The fourth-order valence-corrected chi connectivity index (χ4v) is 4.01. The molecule has 0 aliphatic carbocycles. The van der Waals surface area contributed by atoms with Crippen molar-refractivity contribution in [3.63, 3.8) is 0 Å². The van der Waals surface area contributed by atoms with E-state index in [1.165, 1.54) is 15.9 Å². The summed E-state index contributed by atoms with van der Waals surface area (Å²) in [5, 5.41) is 4.38. The maximum atomic E-state index is 12.8. The molecular formula is C19H14BrN3O3S. The second-order valence-corrected chi connectivity index (χ2v) is 7.56. The van der Waals surface area contributed by atoms with Crippen LogP contribution in [0.1, 0.15) is 5.56 Å². The molecule has 2 aromatic carbocycles. The van der Waals surface area contributed by atoms with Gasteiger partial charge in [-0.3, -0.25) is 4.79 Å². The Morgan fingerprint density at radius 2 is 1.89 bits per heavy atom. The molecule has 27 heavy (non-hydrogen) atoms. The smallest absolute Gasteiger partial charge is 0.291 e. The van der Waals surface area contributed by atoms with Gasteiger partial charge in [0.1, 0.15) is 11.5 Å². The first-order valence-electron chi connectivity index (χ1n) is 7.99. The highest BCUT2D eigenvalue weighted by molar-refractivity contribution is 9.10. The van der Waals surface area contributed by atoms with Gasteiger partial charge in [0.2, 0.25) is 4.96 Å². The normalized spacial score (nSPS) is 11.9. The standard InChI is InChI=1S/C19H14BrN3O3S/c1-25-14-8-7-12(20)9-11(14)10-16-18(24)23-19(27-16)21-17(22-23)13-5-3-4-6-15(13)26-2/h3-10H,1-2H3. The lowest BCUT2D eigenvalue weighted by Crippen LogP contribution is -2.23. The minimum Gasteiger partial charge on any atom is -0.496 e. The zero-order valence-corrected chi connectivity index (χ0v) is 16.9. The Balaban J connectivity index is 1.85. The molecule has 136 valence electrons. The molecule has 0 amide bonds. The van der Waals surface area contributed by atoms with Gasteiger partial charge in [-0.25, -0.2) is 0 Å². The molecule has 2 heterocycles. The lowest BCUT2D eigenvalue weighted by molar-refractivity contribution is 0.413. The molecule has 0 atom stereocenters. The van der Waals surface area contributed by atoms with Crippen molar-refractivity contribution >= 4 is 38.3 Å². The summed E-state index contributed by atoms with van der Waals surface area (Å²) in [7, 11) is 3.19. The molecule has 0 saturated heterocycles. The van der Waals surface area contributed by atoms with Crippen LogP contribution in [0.4, 0.5) is 0 Å². The summed E-state index contributed by atoms with van der Waals surface area (Å²) in [5.74, 6) is 1.81. The number of thiazole rings is 1. The second kappa shape index (κ2) is 7.13. The van der Waals surface area contributed by atoms with E-state index in [0.29, 0.717) is 26.8 Å². The zero-order valence-electron chi connectivity index (χ0n) is 14.5. The quantitative estimate of drug-likeness (QED) is 0.484. The predicted molar refractivity (Wildman–Crippen MR) is 109 cm³/mol. The van der Waals surface area contributed by atoms with Crippen LogP contribution in [0.2, 0.25) is 0 Å². The average Bonchev–Trinajstić information content (AvgIpc) is 3.22. The van der Waals surface area contributed by atoms with Crippen LogP contribution >= 0.6 is 27.3 Å². The van der Waals surface area contributed by atoms with Gasteiger partial charge in [0.15, 0.2) is 5.82 Å². The number of methoxy groups -OCH3 is 2. The molecule has 0 unspecified atom stereocenters. The number of aromatic nitrogens is 3. The summed E-state index contributed by atoms with van der Waals surface area (Å²) in [4.78, 5) is 17.8. The number of ether oxygens (including phenoxy) is 2. The minimum absolute atomic E-state index is 0.217. The lowest BCUT2D eigenvalue weighted by Gasteiger charge is -2.04. The average molecular weight is 444 g/mol. The van der Waals surface area contributed by atoms with E-state index in [-0.39, 0.29) is 5.56 Å². The first-order valence-corrected chi connectivity index (χ1v) is 9.60. The maximum Gasteiger partial charge on any atom is 0.291 e. The molecule has 0 N–H and O–H groups in total. The summed E-state index contributed by atoms with van der Waals surface area (Å²) >= 11 is 4.72. The van der Waals surface area contributed by atoms with Crippen molar-refractivity contribution in [2.24, 2.45) is 0 Å². The van der Waals surface area contributed by atoms with Gasteiger partial charge in [-0.15, -0.1) is 5.10 Å². The lowest BCUT2D eigenvalue weighted by atomic mass is 10.2. The van der Waals surface area contributed by atoms with E-state index >= 15 is 0 Å². The molecule has 0 saturated carbocycles. The van der Waals surface area contributed by atoms with Crippen molar-refractivity contribution in [1.82, 2.24) is 14.6 Å². The highest BCUT2D eigenvalue weighted by Gasteiger charge is 2.15. The van der Waals surface area contributed by atoms with E-state index in [2.05, 4.69) is 26.0 Å². The molecule has 0 bridgehead atoms. The summed E-state index contributed by atoms with van der Waals surface area (Å²) in [5.41, 5.74) is 1.33. The van der Waals surface area contributed by atoms with Gasteiger partial charge in [-0.05, 0) is 36.4 Å². The fraction of sp³-hybridized carbons (Fsp3) is 0.105. The third kappa shape index (κ3) is 3.22. The van der Waals surface area contributed by atoms with Crippen LogP contribution in [0.3, 0.4) is 0 Å². The molecular weight excluding hydrogens is 430 g/mol. The van der Waals surface area contributed by atoms with Crippen molar-refractivity contribution in [2.75, 3.05) is 14.2 Å². The van der Waals surface area contributed by atoms with E-state index in [4.69, 9.17) is 9.47 Å². The van der Waals surface area contributed by atoms with Crippen LogP contribution in [0.15, 0.2) is 51.7 Å². The van der Waals surface area contributed by atoms with Crippen LogP contribution in [-0.2, 0) is 0 Å². The van der Waals surface area contributed by atoms with Crippen LogP contribution < -0.4 is 19.6 Å². The molecule has 0 aliphatic heterocycles. The predicted octanol–water partition coefficient (Wildman–Crippen LogP) is 3.15. The van der Waals surface area contributed by atoms with Crippen molar-refractivity contribution in [1.29, 1.82) is 0 Å². The van der Waals surface area contributed by atoms with Gasteiger partial charge in [0.05, 0.1) is 24.3 Å². The van der Waals surface area contributed by atoms with Crippen LogP contribution in [0.5, 0.6) is 11.5 Å². The van der Waals surface area contributed by atoms with Crippen molar-refractivity contribution < 1.29 is 9.47 Å². The Morgan fingerprint density at radius 1 is 1.11 bits per heavy atom. The van der Waals surface area contributed by atoms with E-state index < -0.39 is 0 Å². The largest absolute Gasteiger partial charge is 0.496 e. The van der Waals surface area contributed by atoms with Crippen molar-refractivity contribution in [2.45, 2.75) is 0 Å². The third-order valence-corrected chi connectivity index (χ3v) is 5.46. The molecule has 6 nitrogen and oxygen atoms in total. The Bertz CT molecular complexity index is 1250. The molecule has 0 fully saturated rings. The molecule has 2 aromatic heterocycles. The molecule has 0 radical (unpaired) electrons. The fourth-order valence-electron chi connectivity index (χ4n) is 2.74. The van der Waals surface area contributed by atoms with E-state index in [9.17, 15) is 4.79 Å². The summed E-state index contributed by atoms with van der Waals surface area (Å²) in [6.07, 6.45) is 1.79. The number of para-hydroxylation sites is 1. The van der Waals surface area contributed by atoms with E-state index in [0.717, 1.165) is 15.6 Å². The second-order valence-electron chi connectivity index (χ2n) is 5.63. The Hall–Kier alpha value is -2.71. The van der Waals surface area contributed by atoms with Crippen LogP contribution in [0, 0.1) is 0 Å². The summed E-state index contributed by atoms with van der Waals surface area (Å²) < 4.78 is 13.5. The molecule has 4 aromatic rings. The monoisotopic (exact) mass is 443 g/mol. The first-order chi connectivity index (χ1) is 13.1. The van der Waals surface area contributed by atoms with Gasteiger partial charge in [0.25, 0.3) is 5.56 Å². The molecule has 0 spiro atoms. The minimum atomic E-state index is -0.217. The number of fused-ring (bicyclic) bond motifs is 1. The van der Waals surface area contributed by atoms with Crippen molar-refractivity contribution in [3.8, 4) is 22.9 Å². The number of hydrogen-bond donors (Lipinski definition) is 0. The topological polar surface area (TPSA) is 65.7 Å². The third-order valence-electron chi connectivity index (χ3n) is 4.01. The number of hydrogen-bond acceptors (Lipinski definition) is 6. The summed E-state index contributed by atoms with van der Waals surface area (Å²) in [6, 6.07) is 13.1. The van der Waals surface area contributed by atoms with Gasteiger partial charge >= 0.3 is 0 Å². The highest BCUT2D eigenvalue weighted by Crippen LogP contribution is 2.27. The van der Waals surface area contributed by atoms with Crippen LogP contribution in [-0.4, -0.2) is 28.8 Å². The number of benzene rings is 2. The Labute approximate surface area is 166 Å². The van der Waals surface area contributed by atoms with Crippen LogP contribution in [0.25, 0.3) is 22.4 Å². The van der Waals surface area contributed by atoms with Gasteiger partial charge < -0.3 is 9.47 Å². The summed E-state index contributed by atoms with van der Waals surface area (Å²) in [6.45, 7) is 0. The van der Waals surface area contributed by atoms with Crippen molar-refractivity contribution in [3.05, 3.63) is 67.4 Å². The van der Waals surface area contributed by atoms with E-state index in [1.807, 2.05) is 42.5 Å². The number of halogens is 1. The zero-order chi connectivity index (χ0) is 19.0. The number of rotatable bonds is 4. The molecule has 0 aliphatic rings. The highest BCUT2D eigenvalue weighted by atomic mass is 79.9.